The van der Waals surface area contributed by atoms with E-state index in [1.807, 2.05) is 0 Å². The molecule has 0 aromatic heterocycles. The first-order valence-electron chi connectivity index (χ1n) is 4.07. The van der Waals surface area contributed by atoms with Crippen molar-refractivity contribution in [2.75, 3.05) is 26.7 Å². The van der Waals surface area contributed by atoms with Gasteiger partial charge in [-0.3, -0.25) is 4.79 Å². The summed E-state index contributed by atoms with van der Waals surface area (Å²) in [6, 6.07) is 0.00213. The van der Waals surface area contributed by atoms with Crippen molar-refractivity contribution in [3.63, 3.8) is 0 Å². The summed E-state index contributed by atoms with van der Waals surface area (Å²) in [4.78, 5) is 10.8. The number of amides is 1. The molecule has 1 fully saturated rings. The van der Waals surface area contributed by atoms with Crippen LogP contribution in [0.3, 0.4) is 0 Å². The summed E-state index contributed by atoms with van der Waals surface area (Å²) in [5.41, 5.74) is 0. The van der Waals surface area contributed by atoms with Crippen molar-refractivity contribution in [3.8, 4) is 0 Å². The van der Waals surface area contributed by atoms with Gasteiger partial charge in [0.1, 0.15) is 0 Å². The van der Waals surface area contributed by atoms with Crippen LogP contribution in [-0.4, -0.2) is 49.8 Å². The van der Waals surface area contributed by atoms with Gasteiger partial charge in [0.15, 0.2) is 0 Å². The van der Waals surface area contributed by atoms with Crippen molar-refractivity contribution in [1.29, 1.82) is 0 Å². The Labute approximate surface area is 71.5 Å². The smallest absolute Gasteiger partial charge is 0.233 e. The van der Waals surface area contributed by atoms with Crippen LogP contribution in [0.25, 0.3) is 0 Å². The van der Waals surface area contributed by atoms with Gasteiger partial charge in [-0.2, -0.15) is 0 Å². The van der Waals surface area contributed by atoms with Gasteiger partial charge in [0.25, 0.3) is 0 Å². The van der Waals surface area contributed by atoms with Gasteiger partial charge >= 0.3 is 0 Å². The van der Waals surface area contributed by atoms with Crippen molar-refractivity contribution in [2.24, 2.45) is 0 Å². The fraction of sp³-hybridized carbons (Fsp3) is 0.857. The third-order valence-corrected chi connectivity index (χ3v) is 1.99. The van der Waals surface area contributed by atoms with Crippen LogP contribution in [0.15, 0.2) is 0 Å². The van der Waals surface area contributed by atoms with Crippen LogP contribution >= 0.6 is 0 Å². The highest BCUT2D eigenvalue weighted by molar-refractivity contribution is 5.77. The molecule has 12 heavy (non-hydrogen) atoms. The Bertz CT molecular complexity index is 163. The zero-order valence-corrected chi connectivity index (χ0v) is 7.13. The number of aliphatic hydroxyl groups is 1. The first-order valence-corrected chi connectivity index (χ1v) is 4.07. The Kier molecular flexibility index (Phi) is 3.46. The van der Waals surface area contributed by atoms with E-state index in [2.05, 4.69) is 16.0 Å². The highest BCUT2D eigenvalue weighted by Crippen LogP contribution is 1.97. The van der Waals surface area contributed by atoms with Crippen LogP contribution in [0.2, 0.25) is 0 Å². The van der Waals surface area contributed by atoms with Gasteiger partial charge in [-0.25, -0.2) is 0 Å². The standard InChI is InChI=1S/C7H15N3O2/c1-8-7(12)4-10-5-2-9-3-6(5)11/h5-6,9-11H,2-4H2,1H3,(H,8,12)/t5-,6-/m1/s1. The van der Waals surface area contributed by atoms with Crippen molar-refractivity contribution in [1.82, 2.24) is 16.0 Å². The van der Waals surface area contributed by atoms with E-state index >= 15 is 0 Å². The van der Waals surface area contributed by atoms with Crippen LogP contribution in [0, 0.1) is 0 Å². The fourth-order valence-corrected chi connectivity index (χ4v) is 1.19. The molecule has 1 aliphatic heterocycles. The maximum absolute atomic E-state index is 10.8. The fourth-order valence-electron chi connectivity index (χ4n) is 1.19. The molecule has 0 saturated carbocycles. The first kappa shape index (κ1) is 9.44. The van der Waals surface area contributed by atoms with E-state index in [0.717, 1.165) is 6.54 Å². The lowest BCUT2D eigenvalue weighted by molar-refractivity contribution is -0.119. The van der Waals surface area contributed by atoms with E-state index in [1.165, 1.54) is 0 Å². The number of aliphatic hydroxyl groups excluding tert-OH is 1. The molecule has 1 heterocycles. The lowest BCUT2D eigenvalue weighted by atomic mass is 10.2. The van der Waals surface area contributed by atoms with E-state index in [4.69, 9.17) is 0 Å². The number of carbonyl (C=O) groups excluding carboxylic acids is 1. The summed E-state index contributed by atoms with van der Waals surface area (Å²) in [7, 11) is 1.59. The Morgan fingerprint density at radius 2 is 2.42 bits per heavy atom. The number of β-amino-alcohol motifs (C(OH)–C–C–N with tert-alkyl or cyclic N) is 1. The SMILES string of the molecule is CNC(=O)CN[C@@H]1CNC[C@H]1O. The summed E-state index contributed by atoms with van der Waals surface area (Å²) >= 11 is 0. The van der Waals surface area contributed by atoms with Gasteiger partial charge in [-0.05, 0) is 0 Å². The quantitative estimate of drug-likeness (QED) is 0.386. The average molecular weight is 173 g/mol. The van der Waals surface area contributed by atoms with Crippen molar-refractivity contribution in [2.45, 2.75) is 12.1 Å². The van der Waals surface area contributed by atoms with Crippen LogP contribution in [0.4, 0.5) is 0 Å². The Balaban J connectivity index is 2.18. The molecule has 5 heteroatoms. The maximum Gasteiger partial charge on any atom is 0.233 e. The predicted molar refractivity (Wildman–Crippen MR) is 44.7 cm³/mol. The molecule has 1 aliphatic rings. The summed E-state index contributed by atoms with van der Waals surface area (Å²) < 4.78 is 0. The second-order valence-corrected chi connectivity index (χ2v) is 2.89. The zero-order chi connectivity index (χ0) is 8.97. The normalized spacial score (nSPS) is 28.8. The van der Waals surface area contributed by atoms with Crippen LogP contribution in [0.5, 0.6) is 0 Å². The molecule has 5 nitrogen and oxygen atoms in total. The van der Waals surface area contributed by atoms with Crippen molar-refractivity contribution >= 4 is 5.91 Å². The molecule has 2 atom stereocenters. The Morgan fingerprint density at radius 3 is 2.92 bits per heavy atom. The predicted octanol–water partition coefficient (Wildman–Crippen LogP) is -2.35. The second kappa shape index (κ2) is 4.39. The lowest BCUT2D eigenvalue weighted by Gasteiger charge is -2.14. The number of hydrogen-bond acceptors (Lipinski definition) is 4. The van der Waals surface area contributed by atoms with E-state index in [0.29, 0.717) is 6.54 Å². The minimum atomic E-state index is -0.380. The van der Waals surface area contributed by atoms with Crippen LogP contribution in [0.1, 0.15) is 0 Å². The molecule has 0 unspecified atom stereocenters. The van der Waals surface area contributed by atoms with Crippen LogP contribution < -0.4 is 16.0 Å². The molecule has 1 rings (SSSR count). The highest BCUT2D eigenvalue weighted by atomic mass is 16.3. The summed E-state index contributed by atoms with van der Waals surface area (Å²) in [5, 5.41) is 17.8. The summed E-state index contributed by atoms with van der Waals surface area (Å²) in [5.74, 6) is -0.0610. The van der Waals surface area contributed by atoms with Gasteiger partial charge in [0.2, 0.25) is 5.91 Å². The van der Waals surface area contributed by atoms with Gasteiger partial charge in [-0.15, -0.1) is 0 Å². The average Bonchev–Trinajstić information content (AvgIpc) is 2.47. The number of rotatable bonds is 3. The van der Waals surface area contributed by atoms with E-state index < -0.39 is 0 Å². The molecular weight excluding hydrogens is 158 g/mol. The van der Waals surface area contributed by atoms with Gasteiger partial charge in [0.05, 0.1) is 12.6 Å². The lowest BCUT2D eigenvalue weighted by Crippen LogP contribution is -2.43. The van der Waals surface area contributed by atoms with Crippen LogP contribution in [-0.2, 0) is 4.79 Å². The van der Waals surface area contributed by atoms with Gasteiger partial charge in [0, 0.05) is 26.2 Å². The van der Waals surface area contributed by atoms with Crippen molar-refractivity contribution < 1.29 is 9.90 Å². The van der Waals surface area contributed by atoms with Gasteiger partial charge < -0.3 is 21.1 Å². The van der Waals surface area contributed by atoms with Crippen molar-refractivity contribution in [3.05, 3.63) is 0 Å². The number of likely N-dealkylation sites (N-methyl/N-ethyl adjacent to an activating group) is 1. The second-order valence-electron chi connectivity index (χ2n) is 2.89. The molecule has 0 aromatic carbocycles. The topological polar surface area (TPSA) is 73.4 Å². The molecule has 1 saturated heterocycles. The zero-order valence-electron chi connectivity index (χ0n) is 7.13. The third-order valence-electron chi connectivity index (χ3n) is 1.99. The van der Waals surface area contributed by atoms with Gasteiger partial charge in [-0.1, -0.05) is 0 Å². The summed E-state index contributed by atoms with van der Waals surface area (Å²) in [6.45, 7) is 1.59. The Hall–Kier alpha value is -0.650. The first-order chi connectivity index (χ1) is 5.74. The molecular formula is C7H15N3O2. The molecule has 70 valence electrons. The third kappa shape index (κ3) is 2.44. The largest absolute Gasteiger partial charge is 0.390 e. The van der Waals surface area contributed by atoms with E-state index in [-0.39, 0.29) is 24.6 Å². The van der Waals surface area contributed by atoms with E-state index in [1.54, 1.807) is 7.05 Å². The molecule has 0 aliphatic carbocycles. The molecule has 0 bridgehead atoms. The number of hydrogen-bond donors (Lipinski definition) is 4. The highest BCUT2D eigenvalue weighted by Gasteiger charge is 2.24. The monoisotopic (exact) mass is 173 g/mol. The minimum absolute atomic E-state index is 0.00213. The molecule has 4 N–H and O–H groups in total. The number of carbonyl (C=O) groups is 1. The number of nitrogens with one attached hydrogen (secondary N) is 3. The molecule has 0 spiro atoms. The molecule has 0 radical (unpaired) electrons. The summed E-state index contributed by atoms with van der Waals surface area (Å²) in [6.07, 6.45) is -0.380. The Morgan fingerprint density at radius 1 is 1.67 bits per heavy atom. The maximum atomic E-state index is 10.8. The minimum Gasteiger partial charge on any atom is -0.390 e. The molecule has 1 amide bonds. The van der Waals surface area contributed by atoms with E-state index in [9.17, 15) is 9.90 Å². The molecule has 0 aromatic rings.